The van der Waals surface area contributed by atoms with Gasteiger partial charge in [-0.05, 0) is 53.4 Å². The molecular formula is C28H38O2. The van der Waals surface area contributed by atoms with E-state index in [4.69, 9.17) is 4.74 Å². The number of rotatable bonds is 10. The minimum Gasteiger partial charge on any atom is -0.489 e. The number of hydrogen-bond donors (Lipinski definition) is 0. The highest BCUT2D eigenvalue weighted by Crippen LogP contribution is 2.40. The van der Waals surface area contributed by atoms with Crippen molar-refractivity contribution >= 4 is 5.78 Å². The second-order valence-corrected chi connectivity index (χ2v) is 9.55. The fraction of sp³-hybridized carbons (Fsp3) is 0.536. The normalized spacial score (nSPS) is 17.2. The summed E-state index contributed by atoms with van der Waals surface area (Å²) < 4.78 is 6.38. The van der Waals surface area contributed by atoms with E-state index in [1.54, 1.807) is 0 Å². The van der Waals surface area contributed by atoms with Crippen molar-refractivity contribution in [2.24, 2.45) is 0 Å². The molecule has 1 atom stereocenters. The molecule has 2 aromatic rings. The molecule has 1 fully saturated rings. The predicted octanol–water partition coefficient (Wildman–Crippen LogP) is 7.74. The molecular weight excluding hydrogens is 368 g/mol. The molecule has 2 aromatic carbocycles. The van der Waals surface area contributed by atoms with Crippen LogP contribution in [0.15, 0.2) is 48.5 Å². The van der Waals surface area contributed by atoms with Crippen LogP contribution in [0, 0.1) is 0 Å². The average molecular weight is 407 g/mol. The quantitative estimate of drug-likeness (QED) is 0.377. The molecule has 30 heavy (non-hydrogen) atoms. The lowest BCUT2D eigenvalue weighted by Gasteiger charge is -2.29. The van der Waals surface area contributed by atoms with E-state index in [0.717, 1.165) is 25.0 Å². The highest BCUT2D eigenvalue weighted by Gasteiger charge is 2.26. The van der Waals surface area contributed by atoms with Gasteiger partial charge >= 0.3 is 0 Å². The monoisotopic (exact) mass is 406 g/mol. The Morgan fingerprint density at radius 2 is 1.83 bits per heavy atom. The van der Waals surface area contributed by atoms with Gasteiger partial charge in [0.25, 0.3) is 0 Å². The summed E-state index contributed by atoms with van der Waals surface area (Å²) in [6.45, 7) is 7.52. The van der Waals surface area contributed by atoms with Gasteiger partial charge in [-0.15, -0.1) is 0 Å². The second kappa shape index (κ2) is 10.8. The number of hydrogen-bond acceptors (Lipinski definition) is 2. The van der Waals surface area contributed by atoms with Crippen LogP contribution in [0.1, 0.15) is 101 Å². The molecule has 2 heteroatoms. The lowest BCUT2D eigenvalue weighted by Crippen LogP contribution is -2.19. The molecule has 1 aliphatic carbocycles. The van der Waals surface area contributed by atoms with E-state index in [1.807, 2.05) is 6.07 Å². The summed E-state index contributed by atoms with van der Waals surface area (Å²) in [5, 5.41) is 0. The summed E-state index contributed by atoms with van der Waals surface area (Å²) in [6, 6.07) is 17.1. The van der Waals surface area contributed by atoms with Gasteiger partial charge in [0.1, 0.15) is 18.1 Å². The van der Waals surface area contributed by atoms with Gasteiger partial charge in [0.2, 0.25) is 0 Å². The van der Waals surface area contributed by atoms with Crippen LogP contribution in [0.3, 0.4) is 0 Å². The van der Waals surface area contributed by atoms with Crippen LogP contribution >= 0.6 is 0 Å². The summed E-state index contributed by atoms with van der Waals surface area (Å²) in [4.78, 5) is 12.1. The molecule has 2 nitrogen and oxygen atoms in total. The lowest BCUT2D eigenvalue weighted by atomic mass is 9.77. The maximum absolute atomic E-state index is 12.1. The SMILES string of the molecule is CCCCCCC(C)(C)c1ccc(C2CCCC(=O)C2)c(OCc2ccccc2)c1. The average Bonchev–Trinajstić information content (AvgIpc) is 2.76. The zero-order valence-electron chi connectivity index (χ0n) is 19.1. The summed E-state index contributed by atoms with van der Waals surface area (Å²) in [5.41, 5.74) is 3.85. The Bertz CT molecular complexity index is 807. The summed E-state index contributed by atoms with van der Waals surface area (Å²) in [7, 11) is 0. The molecule has 0 heterocycles. The number of unbranched alkanes of at least 4 members (excludes halogenated alkanes) is 3. The Morgan fingerprint density at radius 3 is 2.57 bits per heavy atom. The lowest BCUT2D eigenvalue weighted by molar-refractivity contribution is -0.120. The van der Waals surface area contributed by atoms with E-state index in [-0.39, 0.29) is 5.41 Å². The second-order valence-electron chi connectivity index (χ2n) is 9.55. The molecule has 0 amide bonds. The van der Waals surface area contributed by atoms with Gasteiger partial charge in [0.05, 0.1) is 0 Å². The number of ether oxygens (including phenoxy) is 1. The van der Waals surface area contributed by atoms with E-state index in [1.165, 1.54) is 48.8 Å². The van der Waals surface area contributed by atoms with Gasteiger partial charge in [0.15, 0.2) is 0 Å². The van der Waals surface area contributed by atoms with E-state index in [2.05, 4.69) is 63.2 Å². The third kappa shape index (κ3) is 6.20. The maximum atomic E-state index is 12.1. The Balaban J connectivity index is 1.82. The largest absolute Gasteiger partial charge is 0.489 e. The first kappa shape index (κ1) is 22.6. The molecule has 1 aliphatic rings. The highest BCUT2D eigenvalue weighted by molar-refractivity contribution is 5.80. The first-order valence-corrected chi connectivity index (χ1v) is 11.8. The van der Waals surface area contributed by atoms with Crippen LogP contribution < -0.4 is 4.74 Å². The summed E-state index contributed by atoms with van der Waals surface area (Å²) >= 11 is 0. The minimum absolute atomic E-state index is 0.125. The van der Waals surface area contributed by atoms with Crippen molar-refractivity contribution in [2.75, 3.05) is 0 Å². The molecule has 0 aliphatic heterocycles. The van der Waals surface area contributed by atoms with E-state index < -0.39 is 0 Å². The van der Waals surface area contributed by atoms with Crippen molar-refractivity contribution in [1.29, 1.82) is 0 Å². The Labute approximate surface area is 183 Å². The minimum atomic E-state index is 0.125. The van der Waals surface area contributed by atoms with Crippen molar-refractivity contribution in [1.82, 2.24) is 0 Å². The molecule has 0 saturated heterocycles. The maximum Gasteiger partial charge on any atom is 0.133 e. The highest BCUT2D eigenvalue weighted by atomic mass is 16.5. The van der Waals surface area contributed by atoms with Gasteiger partial charge in [-0.3, -0.25) is 4.79 Å². The molecule has 0 aromatic heterocycles. The molecule has 0 spiro atoms. The standard InChI is InChI=1S/C28H38O2/c1-4-5-6-10-18-28(2,3)24-16-17-26(23-14-11-15-25(29)19-23)27(20-24)30-21-22-12-8-7-9-13-22/h7-9,12-13,16-17,20,23H,4-6,10-11,14-15,18-19,21H2,1-3H3. The first-order chi connectivity index (χ1) is 14.5. The molecule has 0 bridgehead atoms. The molecule has 1 saturated carbocycles. The van der Waals surface area contributed by atoms with Gasteiger partial charge in [0, 0.05) is 12.8 Å². The molecule has 1 unspecified atom stereocenters. The Morgan fingerprint density at radius 1 is 1.03 bits per heavy atom. The zero-order valence-corrected chi connectivity index (χ0v) is 19.1. The molecule has 0 N–H and O–H groups in total. The zero-order chi connectivity index (χ0) is 21.4. The topological polar surface area (TPSA) is 26.3 Å². The van der Waals surface area contributed by atoms with Crippen LogP contribution in [-0.2, 0) is 16.8 Å². The smallest absolute Gasteiger partial charge is 0.133 e. The Kier molecular flexibility index (Phi) is 8.13. The number of benzene rings is 2. The predicted molar refractivity (Wildman–Crippen MR) is 125 cm³/mol. The number of carbonyl (C=O) groups is 1. The summed E-state index contributed by atoms with van der Waals surface area (Å²) in [6.07, 6.45) is 9.80. The van der Waals surface area contributed by atoms with Crippen LogP contribution in [0.2, 0.25) is 0 Å². The van der Waals surface area contributed by atoms with Crippen molar-refractivity contribution in [2.45, 2.75) is 96.5 Å². The number of ketones is 1. The molecule has 3 rings (SSSR count). The van der Waals surface area contributed by atoms with Crippen molar-refractivity contribution in [3.8, 4) is 5.75 Å². The van der Waals surface area contributed by atoms with E-state index >= 15 is 0 Å². The number of carbonyl (C=O) groups excluding carboxylic acids is 1. The number of Topliss-reactive ketones (excluding diaryl/α,β-unsaturated/α-hetero) is 1. The van der Waals surface area contributed by atoms with Crippen LogP contribution in [0.25, 0.3) is 0 Å². The van der Waals surface area contributed by atoms with Gasteiger partial charge in [-0.1, -0.05) is 88.9 Å². The fourth-order valence-electron chi connectivity index (χ4n) is 4.58. The van der Waals surface area contributed by atoms with Gasteiger partial charge in [-0.2, -0.15) is 0 Å². The van der Waals surface area contributed by atoms with E-state index in [9.17, 15) is 4.79 Å². The third-order valence-electron chi connectivity index (χ3n) is 6.61. The first-order valence-electron chi connectivity index (χ1n) is 11.8. The van der Waals surface area contributed by atoms with Crippen LogP contribution in [-0.4, -0.2) is 5.78 Å². The molecule has 0 radical (unpaired) electrons. The van der Waals surface area contributed by atoms with Crippen LogP contribution in [0.4, 0.5) is 0 Å². The summed E-state index contributed by atoms with van der Waals surface area (Å²) in [5.74, 6) is 1.65. The van der Waals surface area contributed by atoms with Gasteiger partial charge < -0.3 is 4.74 Å². The van der Waals surface area contributed by atoms with E-state index in [0.29, 0.717) is 24.7 Å². The third-order valence-corrected chi connectivity index (χ3v) is 6.61. The Hall–Kier alpha value is -2.09. The van der Waals surface area contributed by atoms with Crippen LogP contribution in [0.5, 0.6) is 5.75 Å². The molecule has 162 valence electrons. The van der Waals surface area contributed by atoms with Crippen molar-refractivity contribution in [3.05, 3.63) is 65.2 Å². The van der Waals surface area contributed by atoms with Crippen molar-refractivity contribution < 1.29 is 9.53 Å². The van der Waals surface area contributed by atoms with Crippen molar-refractivity contribution in [3.63, 3.8) is 0 Å². The van der Waals surface area contributed by atoms with Gasteiger partial charge in [-0.25, -0.2) is 0 Å². The fourth-order valence-corrected chi connectivity index (χ4v) is 4.58.